The molecule has 54 heavy (non-hydrogen) atoms. The van der Waals surface area contributed by atoms with Crippen LogP contribution in [0.4, 0.5) is 34.1 Å². The number of nitrogens with zero attached hydrogens (tertiary/aromatic N) is 2. The summed E-state index contributed by atoms with van der Waals surface area (Å²) >= 11 is 0. The van der Waals surface area contributed by atoms with Crippen LogP contribution in [0, 0.1) is 0 Å². The Bertz CT molecular complexity index is 2190. The third-order valence-electron chi connectivity index (χ3n) is 10.8. The molecule has 2 aliphatic rings. The van der Waals surface area contributed by atoms with Gasteiger partial charge in [-0.25, -0.2) is 0 Å². The number of rotatable bonds is 8. The van der Waals surface area contributed by atoms with Crippen LogP contribution in [-0.2, 0) is 0 Å². The molecule has 0 aliphatic carbocycles. The zero-order valence-electron chi connectivity index (χ0n) is 30.7. The highest BCUT2D eigenvalue weighted by Gasteiger charge is 2.38. The molecule has 262 valence electrons. The van der Waals surface area contributed by atoms with Gasteiger partial charge in [-0.15, -0.1) is 0 Å². The third-order valence-corrected chi connectivity index (χ3v) is 10.8. The van der Waals surface area contributed by atoms with Crippen LogP contribution in [0.2, 0.25) is 0 Å². The minimum Gasteiger partial charge on any atom is -0.497 e. The van der Waals surface area contributed by atoms with Crippen molar-refractivity contribution >= 4 is 80.3 Å². The van der Waals surface area contributed by atoms with Crippen LogP contribution >= 0.6 is 0 Å². The highest BCUT2D eigenvalue weighted by atomic mass is 16.5. The first-order valence-electron chi connectivity index (χ1n) is 18.1. The van der Waals surface area contributed by atoms with Gasteiger partial charge in [0.15, 0.2) is 0 Å². The van der Waals surface area contributed by atoms with E-state index in [1.54, 1.807) is 28.4 Å². The zero-order chi connectivity index (χ0) is 36.8. The van der Waals surface area contributed by atoms with E-state index in [9.17, 15) is 0 Å². The third kappa shape index (κ3) is 5.53. The maximum atomic E-state index is 5.77. The summed E-state index contributed by atoms with van der Waals surface area (Å²) in [5, 5.41) is 0. The first-order valence-corrected chi connectivity index (χ1v) is 18.1. The van der Waals surface area contributed by atoms with Gasteiger partial charge in [-0.3, -0.25) is 0 Å². The van der Waals surface area contributed by atoms with E-state index < -0.39 is 0 Å². The second-order valence-corrected chi connectivity index (χ2v) is 13.6. The number of benzene rings is 7. The smallest absolute Gasteiger partial charge is 0.246 e. The summed E-state index contributed by atoms with van der Waals surface area (Å²) in [6, 6.07) is 55.9. The molecular formula is C46H38B2N2O4. The number of hydrogen-bond acceptors (Lipinski definition) is 6. The monoisotopic (exact) mass is 704 g/mol. The van der Waals surface area contributed by atoms with E-state index in [4.69, 9.17) is 18.9 Å². The van der Waals surface area contributed by atoms with Crippen LogP contribution < -0.4 is 61.5 Å². The van der Waals surface area contributed by atoms with Crippen molar-refractivity contribution in [2.75, 3.05) is 38.2 Å². The van der Waals surface area contributed by atoms with E-state index >= 15 is 0 Å². The molecule has 0 atom stereocenters. The predicted octanol–water partition coefficient (Wildman–Crippen LogP) is 6.32. The van der Waals surface area contributed by atoms with E-state index in [-0.39, 0.29) is 13.4 Å². The summed E-state index contributed by atoms with van der Waals surface area (Å²) < 4.78 is 23.1. The normalized spacial score (nSPS) is 12.7. The van der Waals surface area contributed by atoms with Crippen LogP contribution in [0.3, 0.4) is 0 Å². The fourth-order valence-corrected chi connectivity index (χ4v) is 8.26. The second-order valence-electron chi connectivity index (χ2n) is 13.6. The number of fused-ring (bicyclic) bond motifs is 4. The highest BCUT2D eigenvalue weighted by Crippen LogP contribution is 2.40. The van der Waals surface area contributed by atoms with E-state index in [0.717, 1.165) is 57.1 Å². The van der Waals surface area contributed by atoms with Crippen LogP contribution in [0.1, 0.15) is 0 Å². The standard InChI is InChI=1S/C46H38B2N2O4/c1-51-35-19-23-39-43(27-35)49(33-11-7-5-8-12-33)44-28-36(52-2)20-24-40(44)47(39)31-15-17-32(18-16-31)48-41-25-21-37(53-3)29-45(41)50(34-13-9-6-10-14-34)46-30-38(54-4)22-26-42(46)48/h5-30H,1-4H3. The van der Waals surface area contributed by atoms with Crippen molar-refractivity contribution in [1.29, 1.82) is 0 Å². The molecule has 7 aromatic rings. The van der Waals surface area contributed by atoms with Gasteiger partial charge in [0.05, 0.1) is 28.4 Å². The summed E-state index contributed by atoms with van der Waals surface area (Å²) in [6.07, 6.45) is 0. The molecule has 7 aromatic carbocycles. The van der Waals surface area contributed by atoms with Gasteiger partial charge in [0.2, 0.25) is 13.4 Å². The molecule has 0 fully saturated rings. The van der Waals surface area contributed by atoms with E-state index in [1.807, 2.05) is 12.1 Å². The number of para-hydroxylation sites is 2. The van der Waals surface area contributed by atoms with Crippen LogP contribution in [0.15, 0.2) is 158 Å². The van der Waals surface area contributed by atoms with Crippen LogP contribution in [0.5, 0.6) is 23.0 Å². The van der Waals surface area contributed by atoms with Crippen molar-refractivity contribution in [2.24, 2.45) is 0 Å². The Morgan fingerprint density at radius 3 is 0.870 bits per heavy atom. The lowest BCUT2D eigenvalue weighted by Gasteiger charge is -2.38. The Morgan fingerprint density at radius 2 is 0.611 bits per heavy atom. The first-order chi connectivity index (χ1) is 26.6. The Morgan fingerprint density at radius 1 is 0.333 bits per heavy atom. The number of anilines is 6. The van der Waals surface area contributed by atoms with Crippen molar-refractivity contribution in [1.82, 2.24) is 0 Å². The summed E-state index contributed by atoms with van der Waals surface area (Å²) in [6.45, 7) is -0.0392. The van der Waals surface area contributed by atoms with E-state index in [1.165, 1.54) is 32.8 Å². The summed E-state index contributed by atoms with van der Waals surface area (Å²) in [5.41, 5.74) is 13.7. The van der Waals surface area contributed by atoms with Gasteiger partial charge in [-0.2, -0.15) is 0 Å². The summed E-state index contributed by atoms with van der Waals surface area (Å²) in [5.74, 6) is 3.23. The van der Waals surface area contributed by atoms with Crippen molar-refractivity contribution in [3.05, 3.63) is 158 Å². The quantitative estimate of drug-likeness (QED) is 0.173. The average molecular weight is 704 g/mol. The molecule has 9 rings (SSSR count). The lowest BCUT2D eigenvalue weighted by Crippen LogP contribution is -2.59. The Balaban J connectivity index is 1.20. The van der Waals surface area contributed by atoms with Gasteiger partial charge < -0.3 is 28.7 Å². The number of ether oxygens (including phenoxy) is 4. The van der Waals surface area contributed by atoms with Crippen molar-refractivity contribution in [3.63, 3.8) is 0 Å². The van der Waals surface area contributed by atoms with Crippen LogP contribution in [0.25, 0.3) is 0 Å². The number of methoxy groups -OCH3 is 4. The van der Waals surface area contributed by atoms with Gasteiger partial charge in [0, 0.05) is 58.4 Å². The van der Waals surface area contributed by atoms with Gasteiger partial charge >= 0.3 is 0 Å². The molecule has 0 unspecified atom stereocenters. The molecule has 8 heteroatoms. The Hall–Kier alpha value is -6.53. The average Bonchev–Trinajstić information content (AvgIpc) is 3.24. The van der Waals surface area contributed by atoms with Crippen molar-refractivity contribution < 1.29 is 18.9 Å². The topological polar surface area (TPSA) is 43.4 Å². The van der Waals surface area contributed by atoms with Gasteiger partial charge in [0.25, 0.3) is 0 Å². The second kappa shape index (κ2) is 13.8. The van der Waals surface area contributed by atoms with Crippen LogP contribution in [-0.4, -0.2) is 41.9 Å². The van der Waals surface area contributed by atoms with Crippen molar-refractivity contribution in [2.45, 2.75) is 0 Å². The lowest BCUT2D eigenvalue weighted by molar-refractivity contribution is 0.414. The van der Waals surface area contributed by atoms with E-state index in [0.29, 0.717) is 0 Å². The van der Waals surface area contributed by atoms with Gasteiger partial charge in [-0.05, 0) is 70.4 Å². The largest absolute Gasteiger partial charge is 0.497 e. The molecule has 6 nitrogen and oxygen atoms in total. The van der Waals surface area contributed by atoms with Gasteiger partial charge in [-0.1, -0.05) is 95.9 Å². The molecular weight excluding hydrogens is 666 g/mol. The van der Waals surface area contributed by atoms with Gasteiger partial charge in [0.1, 0.15) is 23.0 Å². The molecule has 2 heterocycles. The fourth-order valence-electron chi connectivity index (χ4n) is 8.26. The minimum atomic E-state index is -0.0196. The maximum absolute atomic E-state index is 5.77. The lowest BCUT2D eigenvalue weighted by atomic mass is 9.33. The summed E-state index contributed by atoms with van der Waals surface area (Å²) in [4.78, 5) is 4.63. The predicted molar refractivity (Wildman–Crippen MR) is 224 cm³/mol. The molecule has 2 aliphatic heterocycles. The Labute approximate surface area is 317 Å². The molecule has 0 saturated heterocycles. The molecule has 0 radical (unpaired) electrons. The van der Waals surface area contributed by atoms with E-state index in [2.05, 4.69) is 155 Å². The minimum absolute atomic E-state index is 0.0196. The molecule has 0 N–H and O–H groups in total. The Kier molecular flexibility index (Phi) is 8.51. The highest BCUT2D eigenvalue weighted by molar-refractivity contribution is 6.99. The molecule has 0 spiro atoms. The molecule has 0 bridgehead atoms. The zero-order valence-corrected chi connectivity index (χ0v) is 30.7. The first kappa shape index (κ1) is 33.3. The molecule has 0 aromatic heterocycles. The molecule has 0 amide bonds. The SMILES string of the molecule is COc1ccc2c(c1)N(c1ccccc1)c1cc(OC)ccc1B2c1ccc(B2c3ccc(OC)cc3N(c3ccccc3)c3cc(OC)ccc32)cc1. The maximum Gasteiger partial charge on any atom is 0.246 e. The number of hydrogen-bond donors (Lipinski definition) is 0. The fraction of sp³-hybridized carbons (Fsp3) is 0.0870. The van der Waals surface area contributed by atoms with Crippen molar-refractivity contribution in [3.8, 4) is 23.0 Å². The summed E-state index contributed by atoms with van der Waals surface area (Å²) in [7, 11) is 6.88. The molecule has 0 saturated carbocycles.